The number of H-pyrrole nitrogens is 1. The second-order valence-electron chi connectivity index (χ2n) is 9.41. The van der Waals surface area contributed by atoms with Gasteiger partial charge in [0.25, 0.3) is 11.5 Å². The van der Waals surface area contributed by atoms with E-state index < -0.39 is 5.41 Å². The number of anilines is 1. The minimum absolute atomic E-state index is 0.207. The standard InChI is InChI=1S/C29H24N6O2/c1-18-7-9-23(34-27(36)20-5-4-6-22(11-20)29(2,3)16-30)13-26(18)35-17-31-25-12-19(21-14-32-33-15-21)8-10-24(25)28(35)37/h4-15,17H,1-3H3,(H,32,33)(H,34,36). The zero-order valence-corrected chi connectivity index (χ0v) is 20.6. The number of benzene rings is 3. The molecular formula is C29H24N6O2. The zero-order chi connectivity index (χ0) is 26.2. The number of aromatic nitrogens is 4. The van der Waals surface area contributed by atoms with Gasteiger partial charge in [-0.1, -0.05) is 24.3 Å². The Bertz CT molecular complexity index is 1740. The van der Waals surface area contributed by atoms with Crippen LogP contribution in [0.4, 0.5) is 5.69 Å². The lowest BCUT2D eigenvalue weighted by Crippen LogP contribution is -2.20. The number of aryl methyl sites for hydroxylation is 1. The van der Waals surface area contributed by atoms with Gasteiger partial charge in [-0.3, -0.25) is 19.3 Å². The summed E-state index contributed by atoms with van der Waals surface area (Å²) in [5, 5.41) is 19.6. The van der Waals surface area contributed by atoms with E-state index in [1.807, 2.05) is 45.0 Å². The average molecular weight is 489 g/mol. The van der Waals surface area contributed by atoms with E-state index >= 15 is 0 Å². The summed E-state index contributed by atoms with van der Waals surface area (Å²) in [5.41, 5.74) is 4.71. The smallest absolute Gasteiger partial charge is 0.265 e. The predicted molar refractivity (Wildman–Crippen MR) is 143 cm³/mol. The first-order chi connectivity index (χ1) is 17.8. The van der Waals surface area contributed by atoms with Gasteiger partial charge in [0.2, 0.25) is 0 Å². The number of carbonyl (C=O) groups excluding carboxylic acids is 1. The Labute approximate surface area is 213 Å². The molecule has 0 unspecified atom stereocenters. The lowest BCUT2D eigenvalue weighted by atomic mass is 9.85. The van der Waals surface area contributed by atoms with Crippen LogP contribution in [0.2, 0.25) is 0 Å². The number of nitrogens with zero attached hydrogens (tertiary/aromatic N) is 4. The van der Waals surface area contributed by atoms with E-state index in [2.05, 4.69) is 26.6 Å². The normalized spacial score (nSPS) is 11.3. The van der Waals surface area contributed by atoms with Gasteiger partial charge in [0.05, 0.1) is 34.3 Å². The molecule has 0 radical (unpaired) electrons. The van der Waals surface area contributed by atoms with Crippen LogP contribution in [0.3, 0.4) is 0 Å². The molecule has 0 aliphatic carbocycles. The van der Waals surface area contributed by atoms with Crippen LogP contribution in [0.1, 0.15) is 35.3 Å². The minimum atomic E-state index is -0.711. The number of carbonyl (C=O) groups is 1. The molecule has 2 N–H and O–H groups in total. The molecular weight excluding hydrogens is 464 g/mol. The first kappa shape index (κ1) is 23.7. The summed E-state index contributed by atoms with van der Waals surface area (Å²) in [6, 6.07) is 20.2. The van der Waals surface area contributed by atoms with Crippen molar-refractivity contribution in [2.45, 2.75) is 26.2 Å². The highest BCUT2D eigenvalue weighted by Crippen LogP contribution is 2.25. The topological polar surface area (TPSA) is 116 Å². The molecule has 0 spiro atoms. The molecule has 8 heteroatoms. The predicted octanol–water partition coefficient (Wildman–Crippen LogP) is 5.14. The molecule has 182 valence electrons. The van der Waals surface area contributed by atoms with Crippen molar-refractivity contribution >= 4 is 22.5 Å². The Balaban J connectivity index is 1.47. The summed E-state index contributed by atoms with van der Waals surface area (Å²) in [6.07, 6.45) is 5.00. The first-order valence-corrected chi connectivity index (χ1v) is 11.7. The number of hydrogen-bond acceptors (Lipinski definition) is 5. The number of rotatable bonds is 5. The molecule has 0 saturated carbocycles. The molecule has 0 bridgehead atoms. The van der Waals surface area contributed by atoms with E-state index in [0.29, 0.717) is 27.8 Å². The maximum absolute atomic E-state index is 13.4. The molecule has 0 aliphatic rings. The number of aromatic amines is 1. The van der Waals surface area contributed by atoms with Gasteiger partial charge in [-0.25, -0.2) is 4.98 Å². The van der Waals surface area contributed by atoms with Crippen molar-refractivity contribution in [2.75, 3.05) is 5.32 Å². The monoisotopic (exact) mass is 488 g/mol. The Kier molecular flexibility index (Phi) is 5.90. The summed E-state index contributed by atoms with van der Waals surface area (Å²) in [6.45, 7) is 5.51. The first-order valence-electron chi connectivity index (χ1n) is 11.7. The van der Waals surface area contributed by atoms with E-state index in [-0.39, 0.29) is 11.5 Å². The molecule has 2 aromatic heterocycles. The Morgan fingerprint density at radius 3 is 2.68 bits per heavy atom. The van der Waals surface area contributed by atoms with Crippen LogP contribution in [0.15, 0.2) is 84.2 Å². The van der Waals surface area contributed by atoms with Crippen LogP contribution in [0, 0.1) is 18.3 Å². The second kappa shape index (κ2) is 9.21. The van der Waals surface area contributed by atoms with Gasteiger partial charge in [0, 0.05) is 23.0 Å². The van der Waals surface area contributed by atoms with Crippen LogP contribution < -0.4 is 10.9 Å². The maximum Gasteiger partial charge on any atom is 0.265 e. The van der Waals surface area contributed by atoms with Gasteiger partial charge >= 0.3 is 0 Å². The fourth-order valence-electron chi connectivity index (χ4n) is 4.15. The van der Waals surface area contributed by atoms with Gasteiger partial charge < -0.3 is 5.32 Å². The van der Waals surface area contributed by atoms with Crippen molar-refractivity contribution in [3.05, 3.63) is 106 Å². The molecule has 0 aliphatic heterocycles. The van der Waals surface area contributed by atoms with Crippen molar-refractivity contribution in [3.8, 4) is 22.9 Å². The number of amides is 1. The molecule has 3 aromatic carbocycles. The van der Waals surface area contributed by atoms with Gasteiger partial charge in [-0.2, -0.15) is 10.4 Å². The highest BCUT2D eigenvalue weighted by Gasteiger charge is 2.21. The lowest BCUT2D eigenvalue weighted by molar-refractivity contribution is 0.102. The zero-order valence-electron chi connectivity index (χ0n) is 20.6. The fraction of sp³-hybridized carbons (Fsp3) is 0.138. The third kappa shape index (κ3) is 4.50. The summed E-state index contributed by atoms with van der Waals surface area (Å²) < 4.78 is 1.49. The van der Waals surface area contributed by atoms with Gasteiger partial charge in [0.15, 0.2) is 0 Å². The molecule has 0 saturated heterocycles. The largest absolute Gasteiger partial charge is 0.322 e. The van der Waals surface area contributed by atoms with Gasteiger partial charge in [-0.15, -0.1) is 0 Å². The Hall–Kier alpha value is -5.03. The molecule has 8 nitrogen and oxygen atoms in total. The molecule has 5 rings (SSSR count). The second-order valence-corrected chi connectivity index (χ2v) is 9.41. The van der Waals surface area contributed by atoms with E-state index in [4.69, 9.17) is 0 Å². The van der Waals surface area contributed by atoms with Gasteiger partial charge in [0.1, 0.15) is 6.33 Å². The van der Waals surface area contributed by atoms with Crippen LogP contribution >= 0.6 is 0 Å². The van der Waals surface area contributed by atoms with Crippen molar-refractivity contribution in [1.82, 2.24) is 19.7 Å². The van der Waals surface area contributed by atoms with E-state index in [1.165, 1.54) is 10.9 Å². The molecule has 1 amide bonds. The Morgan fingerprint density at radius 1 is 1.08 bits per heavy atom. The van der Waals surface area contributed by atoms with E-state index in [0.717, 1.165) is 22.3 Å². The summed E-state index contributed by atoms with van der Waals surface area (Å²) in [5.74, 6) is -0.304. The molecule has 5 aromatic rings. The van der Waals surface area contributed by atoms with E-state index in [9.17, 15) is 14.9 Å². The number of hydrogen-bond donors (Lipinski definition) is 2. The minimum Gasteiger partial charge on any atom is -0.322 e. The lowest BCUT2D eigenvalue weighted by Gasteiger charge is -2.17. The third-order valence-electron chi connectivity index (χ3n) is 6.44. The Morgan fingerprint density at radius 2 is 1.92 bits per heavy atom. The number of nitriles is 1. The quantitative estimate of drug-likeness (QED) is 0.355. The van der Waals surface area contributed by atoms with E-state index in [1.54, 1.807) is 48.8 Å². The highest BCUT2D eigenvalue weighted by molar-refractivity contribution is 6.04. The van der Waals surface area contributed by atoms with Crippen molar-refractivity contribution < 1.29 is 4.79 Å². The van der Waals surface area contributed by atoms with Crippen LogP contribution in [0.5, 0.6) is 0 Å². The summed E-state index contributed by atoms with van der Waals surface area (Å²) in [7, 11) is 0. The molecule has 0 fully saturated rings. The average Bonchev–Trinajstić information content (AvgIpc) is 3.45. The van der Waals surface area contributed by atoms with Crippen molar-refractivity contribution in [1.29, 1.82) is 5.26 Å². The van der Waals surface area contributed by atoms with Crippen LogP contribution in [-0.4, -0.2) is 25.7 Å². The fourth-order valence-corrected chi connectivity index (χ4v) is 4.15. The van der Waals surface area contributed by atoms with Crippen molar-refractivity contribution in [3.63, 3.8) is 0 Å². The number of nitrogens with one attached hydrogen (secondary N) is 2. The van der Waals surface area contributed by atoms with Crippen LogP contribution in [-0.2, 0) is 5.41 Å². The molecule has 37 heavy (non-hydrogen) atoms. The number of fused-ring (bicyclic) bond motifs is 1. The highest BCUT2D eigenvalue weighted by atomic mass is 16.1. The maximum atomic E-state index is 13.4. The van der Waals surface area contributed by atoms with Gasteiger partial charge in [-0.05, 0) is 73.9 Å². The molecule has 2 heterocycles. The summed E-state index contributed by atoms with van der Waals surface area (Å²) in [4.78, 5) is 30.9. The molecule has 0 atom stereocenters. The van der Waals surface area contributed by atoms with Crippen LogP contribution in [0.25, 0.3) is 27.7 Å². The summed E-state index contributed by atoms with van der Waals surface area (Å²) >= 11 is 0. The third-order valence-corrected chi connectivity index (χ3v) is 6.44. The SMILES string of the molecule is Cc1ccc(NC(=O)c2cccc(C(C)(C)C#N)c2)cc1-n1cnc2cc(-c3cn[nH]c3)ccc2c1=O. The van der Waals surface area contributed by atoms with Crippen molar-refractivity contribution in [2.24, 2.45) is 0 Å².